The van der Waals surface area contributed by atoms with Gasteiger partial charge in [-0.15, -0.1) is 11.3 Å². The molecule has 1 aromatic heterocycles. The van der Waals surface area contributed by atoms with Gasteiger partial charge in [-0.25, -0.2) is 4.98 Å². The van der Waals surface area contributed by atoms with Gasteiger partial charge in [-0.05, 0) is 42.5 Å². The Labute approximate surface area is 133 Å². The maximum absolute atomic E-state index is 12.4. The first-order chi connectivity index (χ1) is 10.3. The third-order valence-corrected chi connectivity index (χ3v) is 4.56. The average molecular weight is 310 g/mol. The highest BCUT2D eigenvalue weighted by Crippen LogP contribution is 2.32. The van der Waals surface area contributed by atoms with Crippen LogP contribution in [-0.4, -0.2) is 10.8 Å². The summed E-state index contributed by atoms with van der Waals surface area (Å²) in [5.41, 5.74) is 8.78. The van der Waals surface area contributed by atoms with Gasteiger partial charge in [-0.2, -0.15) is 0 Å². The summed E-state index contributed by atoms with van der Waals surface area (Å²) in [6, 6.07) is 13.4. The number of thiazole rings is 1. The van der Waals surface area contributed by atoms with Crippen molar-refractivity contribution in [2.45, 2.75) is 20.8 Å². The molecule has 0 fully saturated rings. The Kier molecular flexibility index (Phi) is 3.49. The number of Topliss-reactive ketones (excluding diaryl/α,β-unsaturated/α-hetero) is 1. The number of rotatable bonds is 2. The molecule has 0 unspecified atom stereocenters. The van der Waals surface area contributed by atoms with E-state index in [0.717, 1.165) is 32.0 Å². The fourth-order valence-corrected chi connectivity index (χ4v) is 3.26. The van der Waals surface area contributed by atoms with Gasteiger partial charge in [-0.1, -0.05) is 20.8 Å². The summed E-state index contributed by atoms with van der Waals surface area (Å²) in [5.74, 6) is 0.150. The minimum absolute atomic E-state index is 0.150. The molecule has 0 spiro atoms. The average Bonchev–Trinajstić information content (AvgIpc) is 2.89. The third-order valence-electron chi connectivity index (χ3n) is 3.49. The van der Waals surface area contributed by atoms with Crippen molar-refractivity contribution in [1.82, 2.24) is 4.98 Å². The quantitative estimate of drug-likeness (QED) is 0.547. The first-order valence-corrected chi connectivity index (χ1v) is 7.97. The standard InChI is InChI=1S/C18H18N2OS/c1-18(2,3)16(21)12-6-9-14-15(10-12)22-17(20-14)11-4-7-13(19)8-5-11/h4-10H,19H2,1-3H3. The minimum atomic E-state index is -0.377. The fourth-order valence-electron chi connectivity index (χ4n) is 2.25. The number of hydrogen-bond acceptors (Lipinski definition) is 4. The third kappa shape index (κ3) is 2.74. The summed E-state index contributed by atoms with van der Waals surface area (Å²) < 4.78 is 1.03. The molecule has 112 valence electrons. The van der Waals surface area contributed by atoms with Gasteiger partial charge >= 0.3 is 0 Å². The number of benzene rings is 2. The molecule has 2 aromatic carbocycles. The lowest BCUT2D eigenvalue weighted by atomic mass is 9.86. The van der Waals surface area contributed by atoms with Crippen LogP contribution < -0.4 is 5.73 Å². The largest absolute Gasteiger partial charge is 0.399 e. The Morgan fingerprint density at radius 3 is 2.41 bits per heavy atom. The Balaban J connectivity index is 2.04. The number of carbonyl (C=O) groups excluding carboxylic acids is 1. The van der Waals surface area contributed by atoms with E-state index in [4.69, 9.17) is 5.73 Å². The summed E-state index contributed by atoms with van der Waals surface area (Å²) in [4.78, 5) is 17.0. The van der Waals surface area contributed by atoms with Gasteiger partial charge in [0.15, 0.2) is 5.78 Å². The molecule has 0 aliphatic rings. The van der Waals surface area contributed by atoms with Crippen molar-refractivity contribution < 1.29 is 4.79 Å². The summed E-state index contributed by atoms with van der Waals surface area (Å²) in [6.07, 6.45) is 0. The molecule has 22 heavy (non-hydrogen) atoms. The van der Waals surface area contributed by atoms with Crippen molar-refractivity contribution in [3.63, 3.8) is 0 Å². The maximum atomic E-state index is 12.4. The van der Waals surface area contributed by atoms with Gasteiger partial charge in [0.1, 0.15) is 5.01 Å². The molecule has 0 amide bonds. The first kappa shape index (κ1) is 14.7. The zero-order chi connectivity index (χ0) is 15.9. The number of aromatic nitrogens is 1. The van der Waals surface area contributed by atoms with E-state index < -0.39 is 0 Å². The Morgan fingerprint density at radius 1 is 1.09 bits per heavy atom. The molecule has 0 atom stereocenters. The minimum Gasteiger partial charge on any atom is -0.399 e. The summed E-state index contributed by atoms with van der Waals surface area (Å²) in [7, 11) is 0. The number of ketones is 1. The van der Waals surface area contributed by atoms with E-state index in [-0.39, 0.29) is 11.2 Å². The van der Waals surface area contributed by atoms with E-state index >= 15 is 0 Å². The van der Waals surface area contributed by atoms with E-state index in [0.29, 0.717) is 0 Å². The molecule has 0 saturated carbocycles. The van der Waals surface area contributed by atoms with Crippen molar-refractivity contribution in [3.05, 3.63) is 48.0 Å². The Morgan fingerprint density at radius 2 is 1.77 bits per heavy atom. The van der Waals surface area contributed by atoms with Crippen molar-refractivity contribution in [3.8, 4) is 10.6 Å². The SMILES string of the molecule is CC(C)(C)C(=O)c1ccc2nc(-c3ccc(N)cc3)sc2c1. The molecule has 3 rings (SSSR count). The van der Waals surface area contributed by atoms with Crippen LogP contribution in [0.25, 0.3) is 20.8 Å². The molecule has 2 N–H and O–H groups in total. The second-order valence-electron chi connectivity index (χ2n) is 6.40. The van der Waals surface area contributed by atoms with Gasteiger partial charge in [0.25, 0.3) is 0 Å². The predicted octanol–water partition coefficient (Wildman–Crippen LogP) is 4.77. The van der Waals surface area contributed by atoms with Crippen LogP contribution in [0, 0.1) is 5.41 Å². The van der Waals surface area contributed by atoms with Gasteiger partial charge in [0, 0.05) is 22.2 Å². The summed E-state index contributed by atoms with van der Waals surface area (Å²) in [5, 5.41) is 0.940. The number of fused-ring (bicyclic) bond motifs is 1. The van der Waals surface area contributed by atoms with Gasteiger partial charge in [-0.3, -0.25) is 4.79 Å². The lowest BCUT2D eigenvalue weighted by molar-refractivity contribution is 0.0858. The molecule has 0 bridgehead atoms. The fraction of sp³-hybridized carbons (Fsp3) is 0.222. The highest BCUT2D eigenvalue weighted by atomic mass is 32.1. The van der Waals surface area contributed by atoms with E-state index in [2.05, 4.69) is 4.98 Å². The predicted molar refractivity (Wildman–Crippen MR) is 93.3 cm³/mol. The number of anilines is 1. The molecule has 0 aliphatic heterocycles. The summed E-state index contributed by atoms with van der Waals surface area (Å²) >= 11 is 1.59. The first-order valence-electron chi connectivity index (χ1n) is 7.16. The molecule has 0 saturated heterocycles. The van der Waals surface area contributed by atoms with Gasteiger partial charge < -0.3 is 5.73 Å². The van der Waals surface area contributed by atoms with Crippen LogP contribution in [0.1, 0.15) is 31.1 Å². The van der Waals surface area contributed by atoms with Crippen LogP contribution in [0.3, 0.4) is 0 Å². The van der Waals surface area contributed by atoms with E-state index in [1.165, 1.54) is 0 Å². The Bertz CT molecular complexity index is 842. The van der Waals surface area contributed by atoms with Crippen LogP contribution in [0.5, 0.6) is 0 Å². The second kappa shape index (κ2) is 5.21. The van der Waals surface area contributed by atoms with Gasteiger partial charge in [0.05, 0.1) is 10.2 Å². The van der Waals surface area contributed by atoms with Crippen molar-refractivity contribution in [2.24, 2.45) is 5.41 Å². The molecule has 0 radical (unpaired) electrons. The topological polar surface area (TPSA) is 56.0 Å². The molecule has 3 aromatic rings. The highest BCUT2D eigenvalue weighted by molar-refractivity contribution is 7.21. The van der Waals surface area contributed by atoms with Crippen LogP contribution in [-0.2, 0) is 0 Å². The maximum Gasteiger partial charge on any atom is 0.168 e. The smallest absolute Gasteiger partial charge is 0.168 e. The zero-order valence-electron chi connectivity index (χ0n) is 12.9. The number of nitrogen functional groups attached to an aromatic ring is 1. The van der Waals surface area contributed by atoms with Crippen molar-refractivity contribution in [1.29, 1.82) is 0 Å². The molecule has 0 aliphatic carbocycles. The number of nitrogens with two attached hydrogens (primary N) is 1. The molecule has 3 nitrogen and oxygen atoms in total. The second-order valence-corrected chi connectivity index (χ2v) is 7.43. The summed E-state index contributed by atoms with van der Waals surface area (Å²) in [6.45, 7) is 5.81. The highest BCUT2D eigenvalue weighted by Gasteiger charge is 2.23. The lowest BCUT2D eigenvalue weighted by Gasteiger charge is -2.16. The van der Waals surface area contributed by atoms with E-state index in [9.17, 15) is 4.79 Å². The van der Waals surface area contributed by atoms with E-state index in [1.54, 1.807) is 11.3 Å². The lowest BCUT2D eigenvalue weighted by Crippen LogP contribution is -2.19. The van der Waals surface area contributed by atoms with Crippen LogP contribution in [0.4, 0.5) is 5.69 Å². The number of carbonyl (C=O) groups is 1. The zero-order valence-corrected chi connectivity index (χ0v) is 13.7. The van der Waals surface area contributed by atoms with Gasteiger partial charge in [0.2, 0.25) is 0 Å². The molecule has 4 heteroatoms. The molecular weight excluding hydrogens is 292 g/mol. The normalized spacial score (nSPS) is 11.8. The van der Waals surface area contributed by atoms with E-state index in [1.807, 2.05) is 63.2 Å². The number of hydrogen-bond donors (Lipinski definition) is 1. The monoisotopic (exact) mass is 310 g/mol. The number of nitrogens with zero attached hydrogens (tertiary/aromatic N) is 1. The van der Waals surface area contributed by atoms with Crippen molar-refractivity contribution in [2.75, 3.05) is 5.73 Å². The van der Waals surface area contributed by atoms with Crippen LogP contribution in [0.15, 0.2) is 42.5 Å². The molecule has 1 heterocycles. The molecular formula is C18H18N2OS. The Hall–Kier alpha value is -2.20. The van der Waals surface area contributed by atoms with Crippen LogP contribution in [0.2, 0.25) is 0 Å². The van der Waals surface area contributed by atoms with Crippen molar-refractivity contribution >= 4 is 33.0 Å². The van der Waals surface area contributed by atoms with Crippen LogP contribution >= 0.6 is 11.3 Å².